The highest BCUT2D eigenvalue weighted by Gasteiger charge is 2.04. The molecule has 0 amide bonds. The van der Waals surface area contributed by atoms with Gasteiger partial charge in [0.05, 0.1) is 5.03 Å². The van der Waals surface area contributed by atoms with Crippen LogP contribution in [0.1, 0.15) is 19.5 Å². The third kappa shape index (κ3) is 3.53. The summed E-state index contributed by atoms with van der Waals surface area (Å²) in [5.74, 6) is 0.649. The number of rotatable bonds is 4. The van der Waals surface area contributed by atoms with Crippen LogP contribution in [0.25, 0.3) is 0 Å². The van der Waals surface area contributed by atoms with Crippen molar-refractivity contribution in [1.82, 2.24) is 9.97 Å². The standard InChI is InChI=1S/C9H13ClN2S/c1-3-8-4-9(12-6-11-8)13-7(2)5-10/h4,6-7H,3,5H2,1-2H3. The maximum Gasteiger partial charge on any atom is 0.116 e. The van der Waals surface area contributed by atoms with E-state index in [0.29, 0.717) is 11.1 Å². The van der Waals surface area contributed by atoms with E-state index in [-0.39, 0.29) is 0 Å². The van der Waals surface area contributed by atoms with Gasteiger partial charge in [-0.15, -0.1) is 23.4 Å². The second kappa shape index (κ2) is 5.45. The zero-order chi connectivity index (χ0) is 9.68. The van der Waals surface area contributed by atoms with Gasteiger partial charge in [0.2, 0.25) is 0 Å². The minimum Gasteiger partial charge on any atom is -0.241 e. The van der Waals surface area contributed by atoms with Gasteiger partial charge in [-0.05, 0) is 12.5 Å². The maximum atomic E-state index is 5.71. The number of aromatic nitrogens is 2. The molecular formula is C9H13ClN2S. The molecule has 1 aromatic heterocycles. The molecule has 1 aromatic rings. The van der Waals surface area contributed by atoms with Gasteiger partial charge in [0.25, 0.3) is 0 Å². The lowest BCUT2D eigenvalue weighted by Crippen LogP contribution is -1.98. The zero-order valence-electron chi connectivity index (χ0n) is 7.83. The Balaban J connectivity index is 2.66. The molecule has 0 N–H and O–H groups in total. The van der Waals surface area contributed by atoms with Gasteiger partial charge in [-0.3, -0.25) is 0 Å². The van der Waals surface area contributed by atoms with E-state index in [4.69, 9.17) is 11.6 Å². The van der Waals surface area contributed by atoms with Crippen LogP contribution in [0.2, 0.25) is 0 Å². The fourth-order valence-corrected chi connectivity index (χ4v) is 1.85. The number of hydrogen-bond donors (Lipinski definition) is 0. The van der Waals surface area contributed by atoms with E-state index in [1.807, 2.05) is 6.07 Å². The summed E-state index contributed by atoms with van der Waals surface area (Å²) in [6.45, 7) is 4.17. The third-order valence-corrected chi connectivity index (χ3v) is 3.28. The molecular weight excluding hydrogens is 204 g/mol. The molecule has 0 fully saturated rings. The highest BCUT2D eigenvalue weighted by atomic mass is 35.5. The minimum absolute atomic E-state index is 0.404. The Morgan fingerprint density at radius 1 is 1.54 bits per heavy atom. The van der Waals surface area contributed by atoms with Crippen LogP contribution in [0.4, 0.5) is 0 Å². The predicted molar refractivity (Wildman–Crippen MR) is 57.4 cm³/mol. The van der Waals surface area contributed by atoms with Gasteiger partial charge in [-0.25, -0.2) is 9.97 Å². The zero-order valence-corrected chi connectivity index (χ0v) is 9.40. The second-order valence-corrected chi connectivity index (χ2v) is 4.55. The minimum atomic E-state index is 0.404. The van der Waals surface area contributed by atoms with Crippen LogP contribution >= 0.6 is 23.4 Å². The molecule has 0 aliphatic heterocycles. The largest absolute Gasteiger partial charge is 0.241 e. The highest BCUT2D eigenvalue weighted by Crippen LogP contribution is 2.21. The normalized spacial score (nSPS) is 12.8. The van der Waals surface area contributed by atoms with Crippen molar-refractivity contribution < 1.29 is 0 Å². The summed E-state index contributed by atoms with van der Waals surface area (Å²) in [5.41, 5.74) is 1.08. The van der Waals surface area contributed by atoms with E-state index in [2.05, 4.69) is 23.8 Å². The summed E-state index contributed by atoms with van der Waals surface area (Å²) in [5, 5.41) is 1.42. The molecule has 0 saturated heterocycles. The Kier molecular flexibility index (Phi) is 4.53. The van der Waals surface area contributed by atoms with E-state index in [9.17, 15) is 0 Å². The molecule has 0 aliphatic carbocycles. The third-order valence-electron chi connectivity index (χ3n) is 1.60. The summed E-state index contributed by atoms with van der Waals surface area (Å²) in [4.78, 5) is 8.30. The van der Waals surface area contributed by atoms with Gasteiger partial charge in [0, 0.05) is 16.8 Å². The first kappa shape index (κ1) is 10.8. The summed E-state index contributed by atoms with van der Waals surface area (Å²) >= 11 is 7.40. The maximum absolute atomic E-state index is 5.71. The monoisotopic (exact) mass is 216 g/mol. The molecule has 13 heavy (non-hydrogen) atoms. The smallest absolute Gasteiger partial charge is 0.116 e. The van der Waals surface area contributed by atoms with Crippen molar-refractivity contribution in [2.45, 2.75) is 30.5 Å². The average Bonchev–Trinajstić information content (AvgIpc) is 2.18. The molecule has 0 aliphatic rings. The van der Waals surface area contributed by atoms with Gasteiger partial charge in [0.15, 0.2) is 0 Å². The number of alkyl halides is 1. The fraction of sp³-hybridized carbons (Fsp3) is 0.556. The van der Waals surface area contributed by atoms with Gasteiger partial charge >= 0.3 is 0 Å². The van der Waals surface area contributed by atoms with Gasteiger partial charge < -0.3 is 0 Å². The van der Waals surface area contributed by atoms with Gasteiger partial charge in [-0.1, -0.05) is 13.8 Å². The average molecular weight is 217 g/mol. The Bertz CT molecular complexity index is 268. The molecule has 0 saturated carbocycles. The summed E-state index contributed by atoms with van der Waals surface area (Å²) in [6, 6.07) is 2.02. The van der Waals surface area contributed by atoms with E-state index in [0.717, 1.165) is 17.1 Å². The molecule has 0 bridgehead atoms. The fourth-order valence-electron chi connectivity index (χ4n) is 0.872. The van der Waals surface area contributed by atoms with Crippen molar-refractivity contribution in [3.63, 3.8) is 0 Å². The number of nitrogens with zero attached hydrogens (tertiary/aromatic N) is 2. The van der Waals surface area contributed by atoms with E-state index in [1.165, 1.54) is 0 Å². The summed E-state index contributed by atoms with van der Waals surface area (Å²) < 4.78 is 0. The van der Waals surface area contributed by atoms with Crippen molar-refractivity contribution in [2.75, 3.05) is 5.88 Å². The summed E-state index contributed by atoms with van der Waals surface area (Å²) in [7, 11) is 0. The molecule has 1 atom stereocenters. The topological polar surface area (TPSA) is 25.8 Å². The lowest BCUT2D eigenvalue weighted by molar-refractivity contribution is 0.941. The van der Waals surface area contributed by atoms with Crippen molar-refractivity contribution in [3.05, 3.63) is 18.1 Å². The lowest BCUT2D eigenvalue weighted by atomic mass is 10.3. The van der Waals surface area contributed by atoms with E-state index in [1.54, 1.807) is 18.1 Å². The van der Waals surface area contributed by atoms with E-state index < -0.39 is 0 Å². The van der Waals surface area contributed by atoms with Crippen LogP contribution in [0.3, 0.4) is 0 Å². The molecule has 4 heteroatoms. The lowest BCUT2D eigenvalue weighted by Gasteiger charge is -2.06. The van der Waals surface area contributed by atoms with Crippen LogP contribution in [0.5, 0.6) is 0 Å². The first-order valence-electron chi connectivity index (χ1n) is 4.29. The van der Waals surface area contributed by atoms with E-state index >= 15 is 0 Å². The van der Waals surface area contributed by atoms with Gasteiger partial charge in [-0.2, -0.15) is 0 Å². The molecule has 0 radical (unpaired) electrons. The van der Waals surface area contributed by atoms with Crippen LogP contribution in [-0.4, -0.2) is 21.1 Å². The van der Waals surface area contributed by atoms with Crippen LogP contribution < -0.4 is 0 Å². The Hall–Kier alpha value is -0.280. The Morgan fingerprint density at radius 3 is 2.92 bits per heavy atom. The van der Waals surface area contributed by atoms with Crippen LogP contribution in [-0.2, 0) is 6.42 Å². The molecule has 2 nitrogen and oxygen atoms in total. The molecule has 1 unspecified atom stereocenters. The van der Waals surface area contributed by atoms with Crippen LogP contribution in [0, 0.1) is 0 Å². The number of halogens is 1. The van der Waals surface area contributed by atoms with Crippen molar-refractivity contribution in [3.8, 4) is 0 Å². The summed E-state index contributed by atoms with van der Waals surface area (Å²) in [6.07, 6.45) is 2.56. The van der Waals surface area contributed by atoms with Crippen molar-refractivity contribution in [1.29, 1.82) is 0 Å². The number of hydrogen-bond acceptors (Lipinski definition) is 3. The van der Waals surface area contributed by atoms with Crippen molar-refractivity contribution in [2.24, 2.45) is 0 Å². The molecule has 1 heterocycles. The molecule has 72 valence electrons. The number of thioether (sulfide) groups is 1. The second-order valence-electron chi connectivity index (χ2n) is 2.78. The van der Waals surface area contributed by atoms with Crippen molar-refractivity contribution >= 4 is 23.4 Å². The first-order valence-corrected chi connectivity index (χ1v) is 5.71. The predicted octanol–water partition coefficient (Wildman–Crippen LogP) is 2.76. The van der Waals surface area contributed by atoms with Gasteiger partial charge in [0.1, 0.15) is 6.33 Å². The number of aryl methyl sites for hydroxylation is 1. The molecule has 0 spiro atoms. The molecule has 1 rings (SSSR count). The Morgan fingerprint density at radius 2 is 2.31 bits per heavy atom. The molecule has 0 aromatic carbocycles. The highest BCUT2D eigenvalue weighted by molar-refractivity contribution is 7.99. The first-order chi connectivity index (χ1) is 6.26. The Labute approximate surface area is 88.1 Å². The SMILES string of the molecule is CCc1cc(SC(C)CCl)ncn1. The van der Waals surface area contributed by atoms with Crippen LogP contribution in [0.15, 0.2) is 17.4 Å². The quantitative estimate of drug-likeness (QED) is 0.440.